The van der Waals surface area contributed by atoms with E-state index in [0.717, 1.165) is 0 Å². The Hall–Kier alpha value is -1.67. The largest absolute Gasteiger partial charge is 0.380 e. The molecule has 1 atom stereocenters. The van der Waals surface area contributed by atoms with Gasteiger partial charge in [-0.15, -0.1) is 0 Å². The van der Waals surface area contributed by atoms with Gasteiger partial charge in [0.2, 0.25) is 5.95 Å². The van der Waals surface area contributed by atoms with Gasteiger partial charge in [0, 0.05) is 19.9 Å². The Labute approximate surface area is 82.8 Å². The summed E-state index contributed by atoms with van der Waals surface area (Å²) in [5.74, 6) is 0.452. The van der Waals surface area contributed by atoms with Crippen LogP contribution in [-0.2, 0) is 4.74 Å². The van der Waals surface area contributed by atoms with Gasteiger partial charge in [-0.1, -0.05) is 0 Å². The molecule has 5 heteroatoms. The first-order valence-electron chi connectivity index (χ1n) is 4.26. The van der Waals surface area contributed by atoms with Crippen LogP contribution in [-0.4, -0.2) is 29.7 Å². The fraction of sp³-hybridized carbons (Fsp3) is 0.444. The van der Waals surface area contributed by atoms with Crippen LogP contribution in [0.3, 0.4) is 0 Å². The van der Waals surface area contributed by atoms with Gasteiger partial charge in [-0.25, -0.2) is 9.97 Å². The summed E-state index contributed by atoms with van der Waals surface area (Å²) >= 11 is 0. The van der Waals surface area contributed by atoms with Gasteiger partial charge in [-0.3, -0.25) is 0 Å². The number of nitriles is 1. The molecule has 0 saturated heterocycles. The van der Waals surface area contributed by atoms with Crippen LogP contribution >= 0.6 is 0 Å². The molecule has 0 amide bonds. The standard InChI is InChI=1S/C9H12N4O/c1-7(14-2)6-12-9-11-4-3-8(5-10)13-9/h3-4,7H,6H2,1-2H3,(H,11,12,13). The van der Waals surface area contributed by atoms with Crippen LogP contribution in [0.1, 0.15) is 12.6 Å². The van der Waals surface area contributed by atoms with E-state index in [1.165, 1.54) is 0 Å². The number of nitrogens with one attached hydrogen (secondary N) is 1. The molecule has 0 radical (unpaired) electrons. The van der Waals surface area contributed by atoms with Gasteiger partial charge in [0.05, 0.1) is 6.10 Å². The molecule has 0 aromatic carbocycles. The van der Waals surface area contributed by atoms with E-state index in [2.05, 4.69) is 15.3 Å². The van der Waals surface area contributed by atoms with E-state index >= 15 is 0 Å². The Bertz CT molecular complexity index is 334. The fourth-order valence-corrected chi connectivity index (χ4v) is 0.824. The molecular formula is C9H12N4O. The minimum absolute atomic E-state index is 0.0874. The summed E-state index contributed by atoms with van der Waals surface area (Å²) in [5, 5.41) is 11.6. The molecule has 74 valence electrons. The average Bonchev–Trinajstić information content (AvgIpc) is 2.26. The van der Waals surface area contributed by atoms with Gasteiger partial charge in [-0.2, -0.15) is 5.26 Å². The van der Waals surface area contributed by atoms with Crippen molar-refractivity contribution < 1.29 is 4.74 Å². The van der Waals surface area contributed by atoms with Crippen LogP contribution in [0.5, 0.6) is 0 Å². The second kappa shape index (κ2) is 5.14. The molecular weight excluding hydrogens is 180 g/mol. The molecule has 1 heterocycles. The first-order chi connectivity index (χ1) is 6.76. The van der Waals surface area contributed by atoms with Crippen LogP contribution < -0.4 is 5.32 Å². The van der Waals surface area contributed by atoms with Crippen LogP contribution in [0.2, 0.25) is 0 Å². The predicted molar refractivity (Wildman–Crippen MR) is 51.7 cm³/mol. The van der Waals surface area contributed by atoms with Crippen molar-refractivity contribution in [1.82, 2.24) is 9.97 Å². The second-order valence-electron chi connectivity index (χ2n) is 2.80. The van der Waals surface area contributed by atoms with Crippen molar-refractivity contribution in [3.63, 3.8) is 0 Å². The van der Waals surface area contributed by atoms with Gasteiger partial charge in [-0.05, 0) is 13.0 Å². The number of anilines is 1. The zero-order chi connectivity index (χ0) is 10.4. The Morgan fingerprint density at radius 3 is 3.14 bits per heavy atom. The number of aromatic nitrogens is 2. The normalized spacial score (nSPS) is 11.8. The number of hydrogen-bond donors (Lipinski definition) is 1. The van der Waals surface area contributed by atoms with E-state index in [1.54, 1.807) is 19.4 Å². The minimum Gasteiger partial charge on any atom is -0.380 e. The summed E-state index contributed by atoms with van der Waals surface area (Å²) in [6, 6.07) is 3.51. The number of methoxy groups -OCH3 is 1. The highest BCUT2D eigenvalue weighted by molar-refractivity contribution is 5.29. The van der Waals surface area contributed by atoms with Crippen molar-refractivity contribution in [2.24, 2.45) is 0 Å². The zero-order valence-electron chi connectivity index (χ0n) is 8.19. The molecule has 0 saturated carbocycles. The van der Waals surface area contributed by atoms with Crippen LogP contribution in [0, 0.1) is 11.3 Å². The van der Waals surface area contributed by atoms with Gasteiger partial charge >= 0.3 is 0 Å². The molecule has 1 aromatic heterocycles. The molecule has 0 bridgehead atoms. The third-order valence-electron chi connectivity index (χ3n) is 1.72. The molecule has 1 rings (SSSR count). The van der Waals surface area contributed by atoms with E-state index in [-0.39, 0.29) is 6.10 Å². The SMILES string of the molecule is COC(C)CNc1nccc(C#N)n1. The molecule has 0 aliphatic carbocycles. The molecule has 0 spiro atoms. The third-order valence-corrected chi connectivity index (χ3v) is 1.72. The van der Waals surface area contributed by atoms with Gasteiger partial charge in [0.25, 0.3) is 0 Å². The summed E-state index contributed by atoms with van der Waals surface area (Å²) in [6.45, 7) is 2.55. The van der Waals surface area contributed by atoms with Crippen molar-refractivity contribution in [2.45, 2.75) is 13.0 Å². The Balaban J connectivity index is 2.55. The van der Waals surface area contributed by atoms with Gasteiger partial charge in [0.1, 0.15) is 11.8 Å². The molecule has 0 fully saturated rings. The van der Waals surface area contributed by atoms with Crippen molar-refractivity contribution in [3.8, 4) is 6.07 Å². The van der Waals surface area contributed by atoms with Crippen molar-refractivity contribution in [3.05, 3.63) is 18.0 Å². The van der Waals surface area contributed by atoms with Gasteiger partial charge in [0.15, 0.2) is 0 Å². The molecule has 14 heavy (non-hydrogen) atoms. The molecule has 1 unspecified atom stereocenters. The number of hydrogen-bond acceptors (Lipinski definition) is 5. The maximum Gasteiger partial charge on any atom is 0.223 e. The summed E-state index contributed by atoms with van der Waals surface area (Å²) in [7, 11) is 1.64. The van der Waals surface area contributed by atoms with Crippen LogP contribution in [0.15, 0.2) is 12.3 Å². The Kier molecular flexibility index (Phi) is 3.83. The maximum atomic E-state index is 8.59. The highest BCUT2D eigenvalue weighted by atomic mass is 16.5. The summed E-state index contributed by atoms with van der Waals surface area (Å²) < 4.78 is 5.05. The molecule has 0 aliphatic rings. The van der Waals surface area contributed by atoms with Crippen molar-refractivity contribution in [2.75, 3.05) is 19.0 Å². The number of rotatable bonds is 4. The molecule has 1 aromatic rings. The number of ether oxygens (including phenoxy) is 1. The Morgan fingerprint density at radius 1 is 1.71 bits per heavy atom. The number of nitrogens with zero attached hydrogens (tertiary/aromatic N) is 3. The lowest BCUT2D eigenvalue weighted by molar-refractivity contribution is 0.128. The highest BCUT2D eigenvalue weighted by Crippen LogP contribution is 1.99. The van der Waals surface area contributed by atoms with E-state index in [4.69, 9.17) is 10.00 Å². The third kappa shape index (κ3) is 2.99. The quantitative estimate of drug-likeness (QED) is 0.763. The molecule has 5 nitrogen and oxygen atoms in total. The maximum absolute atomic E-state index is 8.59. The first-order valence-corrected chi connectivity index (χ1v) is 4.26. The second-order valence-corrected chi connectivity index (χ2v) is 2.80. The lowest BCUT2D eigenvalue weighted by Crippen LogP contribution is -2.19. The fourth-order valence-electron chi connectivity index (χ4n) is 0.824. The topological polar surface area (TPSA) is 70.8 Å². The van der Waals surface area contributed by atoms with E-state index in [1.807, 2.05) is 13.0 Å². The lowest BCUT2D eigenvalue weighted by Gasteiger charge is -2.09. The van der Waals surface area contributed by atoms with E-state index < -0.39 is 0 Å². The molecule has 1 N–H and O–H groups in total. The first kappa shape index (κ1) is 10.4. The van der Waals surface area contributed by atoms with Crippen molar-refractivity contribution >= 4 is 5.95 Å². The average molecular weight is 192 g/mol. The van der Waals surface area contributed by atoms with Crippen LogP contribution in [0.4, 0.5) is 5.95 Å². The van der Waals surface area contributed by atoms with E-state index in [9.17, 15) is 0 Å². The Morgan fingerprint density at radius 2 is 2.50 bits per heavy atom. The van der Waals surface area contributed by atoms with Gasteiger partial charge < -0.3 is 10.1 Å². The summed E-state index contributed by atoms with van der Waals surface area (Å²) in [4.78, 5) is 7.92. The van der Waals surface area contributed by atoms with Crippen LogP contribution in [0.25, 0.3) is 0 Å². The summed E-state index contributed by atoms with van der Waals surface area (Å²) in [6.07, 6.45) is 1.63. The monoisotopic (exact) mass is 192 g/mol. The van der Waals surface area contributed by atoms with Crippen molar-refractivity contribution in [1.29, 1.82) is 5.26 Å². The van der Waals surface area contributed by atoms with E-state index in [0.29, 0.717) is 18.2 Å². The zero-order valence-corrected chi connectivity index (χ0v) is 8.19. The molecule has 0 aliphatic heterocycles. The minimum atomic E-state index is 0.0874. The lowest BCUT2D eigenvalue weighted by atomic mass is 10.4. The smallest absolute Gasteiger partial charge is 0.223 e. The predicted octanol–water partition coefficient (Wildman–Crippen LogP) is 0.795. The summed E-state index contributed by atoms with van der Waals surface area (Å²) in [5.41, 5.74) is 0.354. The highest BCUT2D eigenvalue weighted by Gasteiger charge is 2.01.